The normalized spacial score (nSPS) is 13.5. The molecule has 0 radical (unpaired) electrons. The molecule has 0 atom stereocenters. The number of benzene rings is 12. The number of rotatable bonds is 6. The largest absolute Gasteiger partial charge is 0.311 e. The van der Waals surface area contributed by atoms with Crippen molar-refractivity contribution in [2.75, 3.05) is 19.6 Å². The molecule has 19 rings (SSSR count). The van der Waals surface area contributed by atoms with Crippen LogP contribution in [0.25, 0.3) is 62.6 Å². The SMILES string of the molecule is c1ccc(-c2cc3c(s2)B2c4cc5c(cc4N(c4ccc6ccccc6c4)c4cccc(c42)N3c2ccccc2)sc2cc3c(cc25)B2c4sc(-c5ccccc5)cc4N(c4ccccc4)c4cccc(c42)N3c2ccc3ccccc3c2)cc1. The smallest absolute Gasteiger partial charge is 0.264 e. The van der Waals surface area contributed by atoms with Gasteiger partial charge >= 0.3 is 0 Å². The molecule has 0 spiro atoms. The van der Waals surface area contributed by atoms with E-state index in [4.69, 9.17) is 0 Å². The summed E-state index contributed by atoms with van der Waals surface area (Å²) < 4.78 is 5.27. The average molecular weight is 1130 g/mol. The molecular weight excluding hydrogens is 1090 g/mol. The average Bonchev–Trinajstić information content (AvgIpc) is 1.86. The molecule has 0 N–H and O–H groups in total. The zero-order valence-electron chi connectivity index (χ0n) is 45.7. The number of hydrogen-bond acceptors (Lipinski definition) is 7. The van der Waals surface area contributed by atoms with Gasteiger partial charge in [0.15, 0.2) is 0 Å². The highest BCUT2D eigenvalue weighted by molar-refractivity contribution is 7.32. The molecule has 9 heteroatoms. The Balaban J connectivity index is 0.894. The summed E-state index contributed by atoms with van der Waals surface area (Å²) in [6.07, 6.45) is 0. The lowest BCUT2D eigenvalue weighted by molar-refractivity contribution is 1.26. The summed E-state index contributed by atoms with van der Waals surface area (Å²) in [6, 6.07) is 105. The van der Waals surface area contributed by atoms with Crippen LogP contribution < -0.4 is 51.0 Å². The minimum absolute atomic E-state index is 0.0301. The molecule has 0 saturated carbocycles. The van der Waals surface area contributed by atoms with Gasteiger partial charge in [-0.3, -0.25) is 0 Å². The van der Waals surface area contributed by atoms with Crippen LogP contribution in [0.5, 0.6) is 0 Å². The van der Waals surface area contributed by atoms with Crippen LogP contribution in [-0.2, 0) is 0 Å². The Morgan fingerprint density at radius 1 is 0.247 bits per heavy atom. The lowest BCUT2D eigenvalue weighted by Crippen LogP contribution is -2.60. The summed E-state index contributed by atoms with van der Waals surface area (Å²) in [5.41, 5.74) is 22.2. The highest BCUT2D eigenvalue weighted by atomic mass is 32.1. The molecule has 4 aliphatic rings. The highest BCUT2D eigenvalue weighted by Gasteiger charge is 2.47. The van der Waals surface area contributed by atoms with Gasteiger partial charge in [0.2, 0.25) is 0 Å². The van der Waals surface area contributed by atoms with E-state index >= 15 is 0 Å². The lowest BCUT2D eigenvalue weighted by Gasteiger charge is -2.43. The maximum atomic E-state index is 2.61. The van der Waals surface area contributed by atoms with Gasteiger partial charge in [-0.15, -0.1) is 34.0 Å². The fourth-order valence-corrected chi connectivity index (χ4v) is 18.2. The molecule has 394 valence electrons. The molecule has 0 unspecified atom stereocenters. The van der Waals surface area contributed by atoms with Gasteiger partial charge in [0.25, 0.3) is 13.4 Å². The summed E-state index contributed by atoms with van der Waals surface area (Å²) in [5.74, 6) is 0. The summed E-state index contributed by atoms with van der Waals surface area (Å²) in [6.45, 7) is -0.0601. The first-order valence-corrected chi connectivity index (χ1v) is 31.6. The standard InChI is InChI=1S/C76H46B2N4S3/c1-5-21-49(22-6-1)69-45-67-75(84-69)77-59-41-57-58-42-60-66(44-72(58)83-71(57)43-65(59)81(55-37-35-47-19-13-15-25-51(47)39-55)63-33-17-31-61(73(63)77)79(67)53-27-9-3-10-28-53)82(56-38-36-48-20-14-16-26-52(48)40-56)64-34-18-32-62-74(64)78(60)76-68(80(62)54-29-11-4-12-30-54)46-70(85-76)50-23-7-2-8-24-50/h1-46H. The molecule has 0 saturated heterocycles. The zero-order chi connectivity index (χ0) is 55.4. The molecule has 7 heterocycles. The Morgan fingerprint density at radius 2 is 0.612 bits per heavy atom. The van der Waals surface area contributed by atoms with E-state index in [1.807, 2.05) is 34.0 Å². The van der Waals surface area contributed by atoms with E-state index in [0.29, 0.717) is 0 Å². The first kappa shape index (κ1) is 47.6. The minimum Gasteiger partial charge on any atom is -0.311 e. The lowest BCUT2D eigenvalue weighted by atomic mass is 9.36. The van der Waals surface area contributed by atoms with Crippen LogP contribution in [0.2, 0.25) is 0 Å². The maximum absolute atomic E-state index is 2.61. The topological polar surface area (TPSA) is 13.0 Å². The van der Waals surface area contributed by atoms with Crippen molar-refractivity contribution in [2.45, 2.75) is 0 Å². The first-order chi connectivity index (χ1) is 42.1. The third-order valence-corrected chi connectivity index (χ3v) is 21.7. The third-order valence-electron chi connectivity index (χ3n) is 18.1. The van der Waals surface area contributed by atoms with Gasteiger partial charge in [0.05, 0.1) is 11.4 Å². The fourth-order valence-electron chi connectivity index (χ4n) is 14.5. The molecule has 0 fully saturated rings. The Bertz CT molecular complexity index is 4930. The van der Waals surface area contributed by atoms with Crippen LogP contribution >= 0.6 is 34.0 Å². The van der Waals surface area contributed by atoms with Crippen LogP contribution in [-0.4, -0.2) is 13.4 Å². The molecule has 4 aliphatic heterocycles. The van der Waals surface area contributed by atoms with Gasteiger partial charge < -0.3 is 19.6 Å². The van der Waals surface area contributed by atoms with Crippen LogP contribution in [0.1, 0.15) is 0 Å². The number of anilines is 12. The molecule has 15 aromatic rings. The van der Waals surface area contributed by atoms with Crippen molar-refractivity contribution in [3.63, 3.8) is 0 Å². The van der Waals surface area contributed by atoms with E-state index in [2.05, 4.69) is 299 Å². The second kappa shape index (κ2) is 18.3. The highest BCUT2D eigenvalue weighted by Crippen LogP contribution is 2.51. The van der Waals surface area contributed by atoms with Crippen LogP contribution in [0, 0.1) is 0 Å². The number of nitrogens with zero attached hydrogens (tertiary/aromatic N) is 4. The van der Waals surface area contributed by atoms with E-state index in [0.717, 1.165) is 22.7 Å². The van der Waals surface area contributed by atoms with Crippen molar-refractivity contribution < 1.29 is 0 Å². The Kier molecular flexibility index (Phi) is 10.2. The van der Waals surface area contributed by atoms with Gasteiger partial charge in [0, 0.05) is 85.6 Å². The number of para-hydroxylation sites is 2. The van der Waals surface area contributed by atoms with E-state index in [9.17, 15) is 0 Å². The fraction of sp³-hybridized carbons (Fsp3) is 0. The minimum atomic E-state index is -0.0301. The second-order valence-corrected chi connectivity index (χ2v) is 26.0. The van der Waals surface area contributed by atoms with Gasteiger partial charge in [-0.25, -0.2) is 0 Å². The predicted molar refractivity (Wildman–Crippen MR) is 369 cm³/mol. The van der Waals surface area contributed by atoms with Crippen LogP contribution in [0.15, 0.2) is 279 Å². The van der Waals surface area contributed by atoms with Crippen molar-refractivity contribution in [1.29, 1.82) is 0 Å². The van der Waals surface area contributed by atoms with Crippen molar-refractivity contribution in [2.24, 2.45) is 0 Å². The summed E-state index contributed by atoms with van der Waals surface area (Å²) in [5, 5.41) is 7.50. The third kappa shape index (κ3) is 7.03. The van der Waals surface area contributed by atoms with E-state index in [1.165, 1.54) is 140 Å². The Hall–Kier alpha value is -9.89. The summed E-state index contributed by atoms with van der Waals surface area (Å²) in [4.78, 5) is 12.8. The first-order valence-electron chi connectivity index (χ1n) is 29.1. The quantitative estimate of drug-likeness (QED) is 0.154. The van der Waals surface area contributed by atoms with Crippen molar-refractivity contribution in [1.82, 2.24) is 0 Å². The number of hydrogen-bond donors (Lipinski definition) is 0. The van der Waals surface area contributed by atoms with E-state index in [1.54, 1.807) is 0 Å². The monoisotopic (exact) mass is 1130 g/mol. The van der Waals surface area contributed by atoms with Gasteiger partial charge in [-0.2, -0.15) is 0 Å². The van der Waals surface area contributed by atoms with Gasteiger partial charge in [-0.1, -0.05) is 182 Å². The van der Waals surface area contributed by atoms with Crippen molar-refractivity contribution in [3.8, 4) is 20.9 Å². The van der Waals surface area contributed by atoms with Gasteiger partial charge in [0.1, 0.15) is 0 Å². The molecule has 3 aromatic heterocycles. The molecule has 85 heavy (non-hydrogen) atoms. The van der Waals surface area contributed by atoms with Crippen LogP contribution in [0.3, 0.4) is 0 Å². The molecule has 0 bridgehead atoms. The van der Waals surface area contributed by atoms with E-state index in [-0.39, 0.29) is 13.4 Å². The molecule has 0 amide bonds. The molecular formula is C76H46B2N4S3. The van der Waals surface area contributed by atoms with Crippen molar-refractivity contribution in [3.05, 3.63) is 279 Å². The summed E-state index contributed by atoms with van der Waals surface area (Å²) >= 11 is 5.82. The number of fused-ring (bicyclic) bond motifs is 13. The van der Waals surface area contributed by atoms with Crippen molar-refractivity contribution >= 4 is 189 Å². The summed E-state index contributed by atoms with van der Waals surface area (Å²) in [7, 11) is 0. The Morgan fingerprint density at radius 3 is 1.02 bits per heavy atom. The molecule has 0 aliphatic carbocycles. The Labute approximate surface area is 504 Å². The molecule has 12 aromatic carbocycles. The zero-order valence-corrected chi connectivity index (χ0v) is 48.2. The second-order valence-electron chi connectivity index (χ2n) is 22.7. The maximum Gasteiger partial charge on any atom is 0.264 e. The number of thiophene rings is 3. The van der Waals surface area contributed by atoms with E-state index < -0.39 is 0 Å². The molecule has 4 nitrogen and oxygen atoms in total. The van der Waals surface area contributed by atoms with Gasteiger partial charge in [-0.05, 0) is 162 Å². The van der Waals surface area contributed by atoms with Crippen LogP contribution in [0.4, 0.5) is 68.2 Å². The predicted octanol–water partition coefficient (Wildman–Crippen LogP) is 18.0.